The summed E-state index contributed by atoms with van der Waals surface area (Å²) in [5.41, 5.74) is 1.75. The van der Waals surface area contributed by atoms with Crippen LogP contribution >= 0.6 is 25.3 Å². The molecule has 2 aromatic carbocycles. The third kappa shape index (κ3) is 7.67. The monoisotopic (exact) mass is 376 g/mol. The highest BCUT2D eigenvalue weighted by Crippen LogP contribution is 2.10. The number of ether oxygens (including phenoxy) is 2. The first-order valence-corrected chi connectivity index (χ1v) is 8.79. The average Bonchev–Trinajstić information content (AvgIpc) is 2.59. The van der Waals surface area contributed by atoms with E-state index in [0.717, 1.165) is 20.9 Å². The van der Waals surface area contributed by atoms with E-state index in [9.17, 15) is 9.59 Å². The van der Waals surface area contributed by atoms with Crippen molar-refractivity contribution >= 4 is 37.2 Å². The first kappa shape index (κ1) is 19.4. The molecule has 0 saturated heterocycles. The molecule has 0 aliphatic carbocycles. The molecule has 2 rings (SSSR count). The third-order valence-electron chi connectivity index (χ3n) is 3.38. The molecule has 0 radical (unpaired) electrons. The van der Waals surface area contributed by atoms with E-state index in [-0.39, 0.29) is 38.0 Å². The Hall–Kier alpha value is -1.92. The fraction of sp³-hybridized carbons (Fsp3) is 0.263. The zero-order valence-corrected chi connectivity index (χ0v) is 15.5. The van der Waals surface area contributed by atoms with Crippen LogP contribution < -0.4 is 0 Å². The second kappa shape index (κ2) is 10.2. The molecule has 0 amide bonds. The summed E-state index contributed by atoms with van der Waals surface area (Å²) >= 11 is 8.39. The summed E-state index contributed by atoms with van der Waals surface area (Å²) in [4.78, 5) is 25.1. The van der Waals surface area contributed by atoms with Crippen LogP contribution in [0.4, 0.5) is 0 Å². The summed E-state index contributed by atoms with van der Waals surface area (Å²) in [6.07, 6.45) is 0.909. The maximum absolute atomic E-state index is 11.7. The fourth-order valence-electron chi connectivity index (χ4n) is 2.09. The summed E-state index contributed by atoms with van der Waals surface area (Å²) in [5.74, 6) is -0.602. The topological polar surface area (TPSA) is 52.6 Å². The van der Waals surface area contributed by atoms with E-state index in [1.54, 1.807) is 0 Å². The van der Waals surface area contributed by atoms with Crippen molar-refractivity contribution in [3.05, 3.63) is 59.7 Å². The Labute approximate surface area is 158 Å². The molecule has 0 aliphatic rings. The van der Waals surface area contributed by atoms with Gasteiger partial charge >= 0.3 is 11.9 Å². The average molecular weight is 376 g/mol. The molecule has 132 valence electrons. The van der Waals surface area contributed by atoms with Crippen molar-refractivity contribution in [3.8, 4) is 0 Å². The molecule has 0 fully saturated rings. The van der Waals surface area contributed by atoms with Gasteiger partial charge in [-0.25, -0.2) is 0 Å². The number of hydrogen-bond acceptors (Lipinski definition) is 6. The number of hydrogen-bond donors (Lipinski definition) is 2. The zero-order valence-electron chi connectivity index (χ0n) is 13.7. The lowest BCUT2D eigenvalue weighted by Gasteiger charge is -2.07. The minimum Gasteiger partial charge on any atom is -0.465 e. The van der Waals surface area contributed by atoms with Gasteiger partial charge in [-0.2, -0.15) is 0 Å². The smallest absolute Gasteiger partial charge is 0.310 e. The Bertz CT molecular complexity index is 635. The van der Waals surface area contributed by atoms with E-state index in [2.05, 4.69) is 25.3 Å². The first-order valence-electron chi connectivity index (χ1n) is 7.90. The van der Waals surface area contributed by atoms with Gasteiger partial charge in [-0.1, -0.05) is 24.3 Å². The third-order valence-corrected chi connectivity index (χ3v) is 3.98. The second-order valence-electron chi connectivity index (χ2n) is 5.48. The van der Waals surface area contributed by atoms with Gasteiger partial charge in [0.15, 0.2) is 0 Å². The molecular weight excluding hydrogens is 356 g/mol. The Morgan fingerprint density at radius 2 is 1.04 bits per heavy atom. The second-order valence-corrected chi connectivity index (χ2v) is 6.51. The van der Waals surface area contributed by atoms with Crippen LogP contribution in [-0.4, -0.2) is 25.2 Å². The van der Waals surface area contributed by atoms with Crippen molar-refractivity contribution in [3.63, 3.8) is 0 Å². The Kier molecular flexibility index (Phi) is 7.88. The van der Waals surface area contributed by atoms with E-state index in [4.69, 9.17) is 9.47 Å². The standard InChI is InChI=1S/C19H20O4S2/c20-18(12-14-2-6-16(24)7-3-14)22-10-1-11-23-19(21)13-15-4-8-17(25)9-5-15/h2-9,24-25H,1,10-13H2. The van der Waals surface area contributed by atoms with Crippen LogP contribution in [0.15, 0.2) is 58.3 Å². The molecule has 6 heteroatoms. The van der Waals surface area contributed by atoms with E-state index in [1.165, 1.54) is 0 Å². The van der Waals surface area contributed by atoms with Crippen LogP contribution in [0.3, 0.4) is 0 Å². The van der Waals surface area contributed by atoms with Crippen molar-refractivity contribution < 1.29 is 19.1 Å². The molecule has 0 saturated carbocycles. The van der Waals surface area contributed by atoms with Crippen molar-refractivity contribution in [1.82, 2.24) is 0 Å². The number of benzene rings is 2. The van der Waals surface area contributed by atoms with Crippen LogP contribution in [0.25, 0.3) is 0 Å². The SMILES string of the molecule is O=C(Cc1ccc(S)cc1)OCCCOC(=O)Cc1ccc(S)cc1. The van der Waals surface area contributed by atoms with Gasteiger partial charge in [0.2, 0.25) is 0 Å². The summed E-state index contributed by atoms with van der Waals surface area (Å²) in [6, 6.07) is 14.7. The summed E-state index contributed by atoms with van der Waals surface area (Å²) in [5, 5.41) is 0. The number of carbonyl (C=O) groups excluding carboxylic acids is 2. The van der Waals surface area contributed by atoms with Gasteiger partial charge in [0.1, 0.15) is 0 Å². The van der Waals surface area contributed by atoms with Crippen LogP contribution in [0, 0.1) is 0 Å². The fourth-order valence-corrected chi connectivity index (χ4v) is 2.39. The van der Waals surface area contributed by atoms with E-state index < -0.39 is 0 Å². The van der Waals surface area contributed by atoms with Gasteiger partial charge in [-0.3, -0.25) is 9.59 Å². The molecule has 0 unspecified atom stereocenters. The van der Waals surface area contributed by atoms with Gasteiger partial charge < -0.3 is 9.47 Å². The molecule has 25 heavy (non-hydrogen) atoms. The lowest BCUT2D eigenvalue weighted by molar-refractivity contribution is -0.145. The summed E-state index contributed by atoms with van der Waals surface area (Å²) in [6.45, 7) is 0.455. The van der Waals surface area contributed by atoms with Crippen LogP contribution in [0.2, 0.25) is 0 Å². The molecular formula is C19H20O4S2. The molecule has 0 N–H and O–H groups in total. The maximum atomic E-state index is 11.7. The van der Waals surface area contributed by atoms with Crippen molar-refractivity contribution in [2.24, 2.45) is 0 Å². The quantitative estimate of drug-likeness (QED) is 0.420. The van der Waals surface area contributed by atoms with Gasteiger partial charge in [0, 0.05) is 16.2 Å². The Morgan fingerprint density at radius 1 is 0.680 bits per heavy atom. The van der Waals surface area contributed by atoms with Crippen molar-refractivity contribution in [1.29, 1.82) is 0 Å². The highest BCUT2D eigenvalue weighted by Gasteiger charge is 2.07. The molecule has 0 atom stereocenters. The normalized spacial score (nSPS) is 10.3. The Morgan fingerprint density at radius 3 is 1.40 bits per heavy atom. The number of carbonyl (C=O) groups is 2. The van der Waals surface area contributed by atoms with E-state index >= 15 is 0 Å². The summed E-state index contributed by atoms with van der Waals surface area (Å²) in [7, 11) is 0. The van der Waals surface area contributed by atoms with Crippen LogP contribution in [0.5, 0.6) is 0 Å². The predicted molar refractivity (Wildman–Crippen MR) is 101 cm³/mol. The molecule has 0 heterocycles. The Balaban J connectivity index is 1.57. The van der Waals surface area contributed by atoms with Crippen LogP contribution in [0.1, 0.15) is 17.5 Å². The van der Waals surface area contributed by atoms with Gasteiger partial charge in [0.25, 0.3) is 0 Å². The molecule has 0 spiro atoms. The minimum atomic E-state index is -0.301. The number of rotatable bonds is 8. The molecule has 2 aromatic rings. The van der Waals surface area contributed by atoms with Crippen molar-refractivity contribution in [2.45, 2.75) is 29.1 Å². The van der Waals surface area contributed by atoms with Crippen LogP contribution in [-0.2, 0) is 31.9 Å². The summed E-state index contributed by atoms with van der Waals surface area (Å²) < 4.78 is 10.3. The molecule has 0 aliphatic heterocycles. The zero-order chi connectivity index (χ0) is 18.1. The van der Waals surface area contributed by atoms with E-state index in [1.807, 2.05) is 48.5 Å². The highest BCUT2D eigenvalue weighted by molar-refractivity contribution is 7.80. The minimum absolute atomic E-state index is 0.217. The van der Waals surface area contributed by atoms with Gasteiger partial charge in [-0.05, 0) is 35.4 Å². The lowest BCUT2D eigenvalue weighted by Crippen LogP contribution is -2.13. The maximum Gasteiger partial charge on any atom is 0.310 e. The molecule has 0 aromatic heterocycles. The van der Waals surface area contributed by atoms with Crippen molar-refractivity contribution in [2.75, 3.05) is 13.2 Å². The predicted octanol–water partition coefficient (Wildman–Crippen LogP) is 3.53. The number of thiol groups is 2. The molecule has 4 nitrogen and oxygen atoms in total. The first-order chi connectivity index (χ1) is 12.0. The largest absolute Gasteiger partial charge is 0.465 e. The van der Waals surface area contributed by atoms with Gasteiger partial charge in [-0.15, -0.1) is 25.3 Å². The lowest BCUT2D eigenvalue weighted by atomic mass is 10.1. The molecule has 0 bridgehead atoms. The highest BCUT2D eigenvalue weighted by atomic mass is 32.1. The number of esters is 2. The van der Waals surface area contributed by atoms with E-state index in [0.29, 0.717) is 6.42 Å². The van der Waals surface area contributed by atoms with Gasteiger partial charge in [0.05, 0.1) is 26.1 Å².